The first-order valence-electron chi connectivity index (χ1n) is 6.06. The number of hydrogen-bond acceptors (Lipinski definition) is 2. The molecule has 1 heterocycles. The van der Waals surface area contributed by atoms with Crippen LogP contribution >= 0.6 is 0 Å². The highest BCUT2D eigenvalue weighted by Crippen LogP contribution is 2.21. The molecule has 0 bridgehead atoms. The lowest BCUT2D eigenvalue weighted by Gasteiger charge is -2.07. The van der Waals surface area contributed by atoms with Gasteiger partial charge in [-0.3, -0.25) is 0 Å². The van der Waals surface area contributed by atoms with Crippen molar-refractivity contribution in [2.24, 2.45) is 0 Å². The summed E-state index contributed by atoms with van der Waals surface area (Å²) >= 11 is 0. The van der Waals surface area contributed by atoms with E-state index in [1.807, 2.05) is 26.0 Å². The first kappa shape index (κ1) is 13.6. The fraction of sp³-hybridized carbons (Fsp3) is 0.429. The molecule has 96 valence electrons. The van der Waals surface area contributed by atoms with Crippen molar-refractivity contribution in [1.82, 2.24) is 4.57 Å². The van der Waals surface area contributed by atoms with Crippen LogP contribution in [0.15, 0.2) is 24.3 Å². The normalized spacial score (nSPS) is 10.1. The van der Waals surface area contributed by atoms with Crippen molar-refractivity contribution in [1.29, 1.82) is 0 Å². The average molecular weight is 236 g/mol. The van der Waals surface area contributed by atoms with Crippen LogP contribution in [-0.4, -0.2) is 18.3 Å². The molecule has 2 rings (SSSR count). The minimum absolute atomic E-state index is 0. The number of aromatic nitrogens is 1. The van der Waals surface area contributed by atoms with E-state index in [1.54, 1.807) is 7.11 Å². The molecule has 0 saturated heterocycles. The van der Waals surface area contributed by atoms with Crippen LogP contribution in [0.3, 0.4) is 0 Å². The largest absolute Gasteiger partial charge is 0.399 e. The van der Waals surface area contributed by atoms with Gasteiger partial charge in [-0.25, -0.2) is 0 Å². The van der Waals surface area contributed by atoms with Gasteiger partial charge in [-0.05, 0) is 31.2 Å². The van der Waals surface area contributed by atoms with Gasteiger partial charge in [-0.15, -0.1) is 0 Å². The summed E-state index contributed by atoms with van der Waals surface area (Å²) in [7, 11) is 1.72. The maximum absolute atomic E-state index is 5.75. The van der Waals surface area contributed by atoms with Crippen LogP contribution in [0.25, 0.3) is 10.9 Å². The van der Waals surface area contributed by atoms with Crippen LogP contribution in [-0.2, 0) is 11.3 Å². The van der Waals surface area contributed by atoms with Crippen molar-refractivity contribution in [3.63, 3.8) is 0 Å². The Morgan fingerprint density at radius 1 is 1.29 bits per heavy atom. The van der Waals surface area contributed by atoms with Crippen molar-refractivity contribution in [2.45, 2.75) is 27.3 Å². The summed E-state index contributed by atoms with van der Waals surface area (Å²) in [6, 6.07) is 8.16. The predicted molar refractivity (Wildman–Crippen MR) is 76.4 cm³/mol. The van der Waals surface area contributed by atoms with Gasteiger partial charge < -0.3 is 15.0 Å². The summed E-state index contributed by atoms with van der Waals surface area (Å²) < 4.78 is 7.35. The number of nitrogens with two attached hydrogens (primary N) is 1. The fourth-order valence-electron chi connectivity index (χ4n) is 1.91. The summed E-state index contributed by atoms with van der Waals surface area (Å²) in [6.45, 7) is 7.72. The summed E-state index contributed by atoms with van der Waals surface area (Å²) in [6.07, 6.45) is 0. The molecule has 2 N–H and O–H groups in total. The number of benzene rings is 1. The van der Waals surface area contributed by atoms with E-state index in [2.05, 4.69) is 23.6 Å². The summed E-state index contributed by atoms with van der Waals surface area (Å²) in [5, 5.41) is 1.20. The molecule has 0 aliphatic rings. The number of fused-ring (bicyclic) bond motifs is 1. The Labute approximate surface area is 105 Å². The van der Waals surface area contributed by atoms with Gasteiger partial charge in [0.15, 0.2) is 0 Å². The molecule has 0 atom stereocenters. The first-order valence-corrected chi connectivity index (χ1v) is 6.06. The molecule has 0 fully saturated rings. The highest BCUT2D eigenvalue weighted by molar-refractivity contribution is 5.84. The van der Waals surface area contributed by atoms with E-state index in [-0.39, 0.29) is 1.43 Å². The second-order valence-electron chi connectivity index (χ2n) is 3.75. The first-order chi connectivity index (χ1) is 8.22. The van der Waals surface area contributed by atoms with Gasteiger partial charge in [0.05, 0.1) is 6.61 Å². The lowest BCUT2D eigenvalue weighted by Crippen LogP contribution is -2.05. The number of ether oxygens (including phenoxy) is 1. The van der Waals surface area contributed by atoms with Crippen molar-refractivity contribution in [3.8, 4) is 0 Å². The van der Waals surface area contributed by atoms with Crippen molar-refractivity contribution >= 4 is 16.6 Å². The Bertz CT molecular complexity index is 480. The molecule has 3 nitrogen and oxygen atoms in total. The molecule has 0 aliphatic heterocycles. The average Bonchev–Trinajstić information content (AvgIpc) is 2.64. The number of nitrogens with zero attached hydrogens (tertiary/aromatic N) is 1. The van der Waals surface area contributed by atoms with E-state index in [9.17, 15) is 0 Å². The SMILES string of the molecule is CC.COCCn1c(C)cc2cc(N)ccc21.[HH]. The topological polar surface area (TPSA) is 40.2 Å². The Balaban J connectivity index is 0.000000917. The van der Waals surface area contributed by atoms with Gasteiger partial charge in [-0.1, -0.05) is 13.8 Å². The Morgan fingerprint density at radius 2 is 2.00 bits per heavy atom. The molecule has 0 unspecified atom stereocenters. The van der Waals surface area contributed by atoms with Crippen LogP contribution in [0.2, 0.25) is 0 Å². The molecule has 1 aromatic carbocycles. The molecule has 0 saturated carbocycles. The van der Waals surface area contributed by atoms with Gasteiger partial charge in [0.25, 0.3) is 0 Å². The highest BCUT2D eigenvalue weighted by atomic mass is 16.5. The molecule has 0 aliphatic carbocycles. The second-order valence-corrected chi connectivity index (χ2v) is 3.75. The van der Waals surface area contributed by atoms with Crippen LogP contribution < -0.4 is 5.73 Å². The monoisotopic (exact) mass is 236 g/mol. The molecule has 0 amide bonds. The standard InChI is InChI=1S/C12H16N2O.C2H6.H2/c1-9-7-10-8-11(13)3-4-12(10)14(9)5-6-15-2;1-2;/h3-4,7-8H,5-6,13H2,1-2H3;1-2H3;1H. The number of aryl methyl sites for hydroxylation is 1. The van der Waals surface area contributed by atoms with Crippen LogP contribution in [0, 0.1) is 6.92 Å². The van der Waals surface area contributed by atoms with Crippen molar-refractivity contribution < 1.29 is 6.16 Å². The highest BCUT2D eigenvalue weighted by Gasteiger charge is 2.04. The minimum Gasteiger partial charge on any atom is -0.399 e. The Kier molecular flexibility index (Phi) is 5.04. The molecular weight excluding hydrogens is 212 g/mol. The van der Waals surface area contributed by atoms with Crippen LogP contribution in [0.4, 0.5) is 5.69 Å². The van der Waals surface area contributed by atoms with Crippen LogP contribution in [0.5, 0.6) is 0 Å². The zero-order chi connectivity index (χ0) is 12.8. The third kappa shape index (κ3) is 3.01. The van der Waals surface area contributed by atoms with Crippen molar-refractivity contribution in [2.75, 3.05) is 19.5 Å². The molecular formula is C14H24N2O. The lowest BCUT2D eigenvalue weighted by atomic mass is 10.2. The lowest BCUT2D eigenvalue weighted by molar-refractivity contribution is 0.188. The third-order valence-electron chi connectivity index (χ3n) is 2.65. The van der Waals surface area contributed by atoms with E-state index in [0.29, 0.717) is 0 Å². The summed E-state index contributed by atoms with van der Waals surface area (Å²) in [5.41, 5.74) is 9.03. The van der Waals surface area contributed by atoms with Gasteiger partial charge in [-0.2, -0.15) is 0 Å². The van der Waals surface area contributed by atoms with E-state index >= 15 is 0 Å². The van der Waals surface area contributed by atoms with Gasteiger partial charge >= 0.3 is 0 Å². The maximum Gasteiger partial charge on any atom is 0.0642 e. The Morgan fingerprint density at radius 3 is 2.65 bits per heavy atom. The van der Waals surface area contributed by atoms with E-state index in [0.717, 1.165) is 18.8 Å². The summed E-state index contributed by atoms with van der Waals surface area (Å²) in [5.74, 6) is 0. The fourth-order valence-corrected chi connectivity index (χ4v) is 1.91. The quantitative estimate of drug-likeness (QED) is 0.829. The number of anilines is 1. The zero-order valence-corrected chi connectivity index (χ0v) is 11.2. The maximum atomic E-state index is 5.75. The predicted octanol–water partition coefficient (Wildman–Crippen LogP) is 3.45. The number of methoxy groups -OCH3 is 1. The second kappa shape index (κ2) is 6.30. The number of hydrogen-bond donors (Lipinski definition) is 1. The summed E-state index contributed by atoms with van der Waals surface area (Å²) in [4.78, 5) is 0. The molecule has 2 aromatic rings. The molecule has 0 radical (unpaired) electrons. The Hall–Kier alpha value is -1.48. The van der Waals surface area contributed by atoms with Crippen LogP contribution in [0.1, 0.15) is 21.0 Å². The molecule has 1 aromatic heterocycles. The number of rotatable bonds is 3. The minimum atomic E-state index is 0. The van der Waals surface area contributed by atoms with E-state index in [1.165, 1.54) is 16.6 Å². The van der Waals surface area contributed by atoms with Gasteiger partial charge in [0.2, 0.25) is 0 Å². The van der Waals surface area contributed by atoms with E-state index < -0.39 is 0 Å². The van der Waals surface area contributed by atoms with E-state index in [4.69, 9.17) is 10.5 Å². The zero-order valence-electron chi connectivity index (χ0n) is 11.2. The molecule has 0 spiro atoms. The van der Waals surface area contributed by atoms with Gasteiger partial charge in [0, 0.05) is 37.4 Å². The van der Waals surface area contributed by atoms with Crippen molar-refractivity contribution in [3.05, 3.63) is 30.0 Å². The smallest absolute Gasteiger partial charge is 0.0642 e. The third-order valence-corrected chi connectivity index (χ3v) is 2.65. The molecule has 17 heavy (non-hydrogen) atoms. The van der Waals surface area contributed by atoms with Gasteiger partial charge in [0.1, 0.15) is 0 Å². The molecule has 3 heteroatoms. The number of nitrogen functional groups attached to an aromatic ring is 1.